The number of hydrogen-bond acceptors (Lipinski definition) is 5. The molecule has 0 atom stereocenters. The van der Waals surface area contributed by atoms with Gasteiger partial charge in [0.05, 0.1) is 35.0 Å². The third kappa shape index (κ3) is 4.44. The monoisotopic (exact) mass is 444 g/mol. The number of imide groups is 1. The third-order valence-electron chi connectivity index (χ3n) is 4.29. The number of carbonyl (C=O) groups excluding carboxylic acids is 2. The molecule has 1 aliphatic heterocycles. The van der Waals surface area contributed by atoms with Crippen molar-refractivity contribution in [3.05, 3.63) is 57.1 Å². The summed E-state index contributed by atoms with van der Waals surface area (Å²) in [5, 5.41) is 0.389. The largest absolute Gasteiger partial charge is 0.493 e. The van der Waals surface area contributed by atoms with Crippen molar-refractivity contribution in [1.82, 2.24) is 9.80 Å². The van der Waals surface area contributed by atoms with Crippen LogP contribution in [0.5, 0.6) is 11.5 Å². The average Bonchev–Trinajstić information content (AvgIpc) is 2.87. The maximum atomic E-state index is 12.6. The zero-order valence-corrected chi connectivity index (χ0v) is 16.9. The number of hydrogen-bond donors (Lipinski definition) is 0. The summed E-state index contributed by atoms with van der Waals surface area (Å²) in [6.07, 6.45) is 0. The number of ether oxygens (including phenoxy) is 2. The Bertz CT molecular complexity index is 930. The Hall–Kier alpha value is -2.42. The first-order valence-electron chi connectivity index (χ1n) is 8.36. The zero-order chi connectivity index (χ0) is 21.3. The molecule has 0 aliphatic carbocycles. The Morgan fingerprint density at radius 3 is 2.14 bits per heavy atom. The quantitative estimate of drug-likeness (QED) is 0.596. The highest BCUT2D eigenvalue weighted by Crippen LogP contribution is 2.32. The maximum Gasteiger partial charge on any atom is 0.387 e. The highest BCUT2D eigenvalue weighted by atomic mass is 35.5. The lowest BCUT2D eigenvalue weighted by atomic mass is 10.1. The van der Waals surface area contributed by atoms with Gasteiger partial charge in [0.15, 0.2) is 11.5 Å². The van der Waals surface area contributed by atoms with Crippen LogP contribution in [0.2, 0.25) is 10.0 Å². The molecule has 10 heteroatoms. The van der Waals surface area contributed by atoms with Crippen LogP contribution < -0.4 is 9.47 Å². The molecule has 154 valence electrons. The van der Waals surface area contributed by atoms with Gasteiger partial charge in [-0.3, -0.25) is 19.4 Å². The van der Waals surface area contributed by atoms with Crippen LogP contribution in [-0.2, 0) is 6.54 Å². The average molecular weight is 445 g/mol. The molecule has 6 nitrogen and oxygen atoms in total. The van der Waals surface area contributed by atoms with E-state index in [4.69, 9.17) is 27.9 Å². The zero-order valence-electron chi connectivity index (χ0n) is 15.4. The Labute approximate surface area is 175 Å². The lowest BCUT2D eigenvalue weighted by molar-refractivity contribution is -0.0512. The lowest BCUT2D eigenvalue weighted by Gasteiger charge is -2.23. The molecule has 1 aliphatic rings. The number of amides is 2. The van der Waals surface area contributed by atoms with Crippen molar-refractivity contribution in [3.8, 4) is 11.5 Å². The number of benzene rings is 2. The van der Waals surface area contributed by atoms with Crippen molar-refractivity contribution in [2.24, 2.45) is 0 Å². The van der Waals surface area contributed by atoms with Gasteiger partial charge in [0.25, 0.3) is 11.8 Å². The molecular weight excluding hydrogens is 429 g/mol. The number of fused-ring (bicyclic) bond motifs is 1. The maximum absolute atomic E-state index is 12.6. The molecule has 29 heavy (non-hydrogen) atoms. The Kier molecular flexibility index (Phi) is 6.26. The molecule has 2 aromatic carbocycles. The minimum Gasteiger partial charge on any atom is -0.493 e. The fourth-order valence-corrected chi connectivity index (χ4v) is 3.35. The van der Waals surface area contributed by atoms with E-state index in [1.54, 1.807) is 24.1 Å². The number of halogens is 4. The standard InChI is InChI=1S/C19H16Cl2F2N2O4/c1-24(8-10-3-4-15(29-19(22)23)16(5-10)28-2)9-25-17(26)11-6-13(20)14(21)7-12(11)18(25)27/h3-7,19H,8-9H2,1-2H3. The molecule has 0 unspecified atom stereocenters. The summed E-state index contributed by atoms with van der Waals surface area (Å²) < 4.78 is 34.4. The van der Waals surface area contributed by atoms with E-state index in [0.29, 0.717) is 12.1 Å². The molecule has 0 saturated carbocycles. The minimum atomic E-state index is -2.96. The number of methoxy groups -OCH3 is 1. The van der Waals surface area contributed by atoms with Crippen LogP contribution in [0.3, 0.4) is 0 Å². The number of alkyl halides is 2. The highest BCUT2D eigenvalue weighted by molar-refractivity contribution is 6.43. The van der Waals surface area contributed by atoms with E-state index in [0.717, 1.165) is 4.90 Å². The minimum absolute atomic E-state index is 0.0131. The van der Waals surface area contributed by atoms with Gasteiger partial charge in [-0.25, -0.2) is 0 Å². The van der Waals surface area contributed by atoms with Crippen molar-refractivity contribution in [2.75, 3.05) is 20.8 Å². The fourth-order valence-electron chi connectivity index (χ4n) is 3.02. The summed E-state index contributed by atoms with van der Waals surface area (Å²) in [5.41, 5.74) is 1.12. The molecule has 3 rings (SSSR count). The molecule has 2 amide bonds. The van der Waals surface area contributed by atoms with E-state index in [1.165, 1.54) is 25.3 Å². The van der Waals surface area contributed by atoms with Gasteiger partial charge in [-0.05, 0) is 36.9 Å². The van der Waals surface area contributed by atoms with Crippen LogP contribution in [0, 0.1) is 0 Å². The molecule has 0 aromatic heterocycles. The highest BCUT2D eigenvalue weighted by Gasteiger charge is 2.36. The van der Waals surface area contributed by atoms with Gasteiger partial charge in [0, 0.05) is 6.54 Å². The number of rotatable bonds is 7. The van der Waals surface area contributed by atoms with Crippen molar-refractivity contribution >= 4 is 35.0 Å². The Morgan fingerprint density at radius 2 is 1.62 bits per heavy atom. The molecule has 0 N–H and O–H groups in total. The summed E-state index contributed by atoms with van der Waals surface area (Å²) >= 11 is 11.9. The molecule has 0 saturated heterocycles. The molecule has 0 fully saturated rings. The van der Waals surface area contributed by atoms with Crippen LogP contribution in [0.4, 0.5) is 8.78 Å². The molecule has 0 bridgehead atoms. The third-order valence-corrected chi connectivity index (χ3v) is 5.01. The van der Waals surface area contributed by atoms with Crippen LogP contribution in [0.25, 0.3) is 0 Å². The van der Waals surface area contributed by atoms with Crippen LogP contribution >= 0.6 is 23.2 Å². The first kappa shape index (κ1) is 21.3. The second-order valence-electron chi connectivity index (χ2n) is 6.37. The number of nitrogens with zero attached hydrogens (tertiary/aromatic N) is 2. The lowest BCUT2D eigenvalue weighted by Crippen LogP contribution is -2.39. The van der Waals surface area contributed by atoms with Gasteiger partial charge in [-0.15, -0.1) is 0 Å². The van der Waals surface area contributed by atoms with E-state index in [9.17, 15) is 18.4 Å². The molecule has 1 heterocycles. The molecule has 0 radical (unpaired) electrons. The van der Waals surface area contributed by atoms with Gasteiger partial charge in [-0.2, -0.15) is 8.78 Å². The van der Waals surface area contributed by atoms with Gasteiger partial charge in [-0.1, -0.05) is 29.3 Å². The molecule has 2 aromatic rings. The van der Waals surface area contributed by atoms with Crippen LogP contribution in [0.15, 0.2) is 30.3 Å². The van der Waals surface area contributed by atoms with Crippen molar-refractivity contribution in [2.45, 2.75) is 13.2 Å². The summed E-state index contributed by atoms with van der Waals surface area (Å²) in [6, 6.07) is 7.28. The SMILES string of the molecule is COc1cc(CN(C)CN2C(=O)c3cc(Cl)c(Cl)cc3C2=O)ccc1OC(F)F. The second kappa shape index (κ2) is 8.52. The van der Waals surface area contributed by atoms with Crippen molar-refractivity contribution in [1.29, 1.82) is 0 Å². The predicted octanol–water partition coefficient (Wildman–Crippen LogP) is 4.29. The predicted molar refractivity (Wildman–Crippen MR) is 103 cm³/mol. The first-order chi connectivity index (χ1) is 13.7. The smallest absolute Gasteiger partial charge is 0.387 e. The van der Waals surface area contributed by atoms with E-state index in [2.05, 4.69) is 4.74 Å². The fraction of sp³-hybridized carbons (Fsp3) is 0.263. The summed E-state index contributed by atoms with van der Waals surface area (Å²) in [7, 11) is 3.05. The summed E-state index contributed by atoms with van der Waals surface area (Å²) in [5.74, 6) is -0.855. The van der Waals surface area contributed by atoms with Gasteiger partial charge in [0.2, 0.25) is 0 Å². The van der Waals surface area contributed by atoms with E-state index >= 15 is 0 Å². The molecule has 0 spiro atoms. The second-order valence-corrected chi connectivity index (χ2v) is 7.18. The first-order valence-corrected chi connectivity index (χ1v) is 9.12. The van der Waals surface area contributed by atoms with E-state index < -0.39 is 18.4 Å². The normalized spacial score (nSPS) is 13.4. The van der Waals surface area contributed by atoms with E-state index in [-0.39, 0.29) is 39.3 Å². The van der Waals surface area contributed by atoms with Crippen LogP contribution in [-0.4, -0.2) is 49.1 Å². The Morgan fingerprint density at radius 1 is 1.03 bits per heavy atom. The number of carbonyl (C=O) groups is 2. The summed E-state index contributed by atoms with van der Waals surface area (Å²) in [6.45, 7) is -2.63. The van der Waals surface area contributed by atoms with Gasteiger partial charge >= 0.3 is 6.61 Å². The van der Waals surface area contributed by atoms with E-state index in [1.807, 2.05) is 0 Å². The summed E-state index contributed by atoms with van der Waals surface area (Å²) in [4.78, 5) is 28.0. The van der Waals surface area contributed by atoms with Crippen molar-refractivity contribution < 1.29 is 27.8 Å². The Balaban J connectivity index is 1.72. The molecular formula is C19H16Cl2F2N2O4. The van der Waals surface area contributed by atoms with Gasteiger partial charge in [0.1, 0.15) is 0 Å². The van der Waals surface area contributed by atoms with Crippen LogP contribution in [0.1, 0.15) is 26.3 Å². The van der Waals surface area contributed by atoms with Crippen molar-refractivity contribution in [3.63, 3.8) is 0 Å². The topological polar surface area (TPSA) is 59.1 Å². The van der Waals surface area contributed by atoms with Gasteiger partial charge < -0.3 is 9.47 Å².